The molecule has 1 aliphatic heterocycles. The number of piperazine rings is 1. The van der Waals surface area contributed by atoms with Crippen LogP contribution >= 0.6 is 11.6 Å². The van der Waals surface area contributed by atoms with E-state index < -0.39 is 0 Å². The van der Waals surface area contributed by atoms with Crippen LogP contribution in [0.2, 0.25) is 5.02 Å². The van der Waals surface area contributed by atoms with E-state index in [1.807, 2.05) is 23.6 Å². The molecule has 0 atom stereocenters. The molecule has 0 unspecified atom stereocenters. The molecule has 0 bridgehead atoms. The maximum absolute atomic E-state index is 5.98. The van der Waals surface area contributed by atoms with Crippen LogP contribution in [0.25, 0.3) is 5.78 Å². The van der Waals surface area contributed by atoms with Gasteiger partial charge in [-0.3, -0.25) is 0 Å². The van der Waals surface area contributed by atoms with Crippen LogP contribution in [0.4, 0.5) is 11.5 Å². The lowest BCUT2D eigenvalue weighted by Crippen LogP contribution is -2.47. The Labute approximate surface area is 145 Å². The zero-order valence-electron chi connectivity index (χ0n) is 13.8. The van der Waals surface area contributed by atoms with E-state index in [0.29, 0.717) is 5.78 Å². The Kier molecular flexibility index (Phi) is 3.76. The molecule has 1 aliphatic rings. The normalized spacial score (nSPS) is 15.3. The average Bonchev–Trinajstić information content (AvgIpc) is 3.05. The predicted molar refractivity (Wildman–Crippen MR) is 96.1 cm³/mol. The number of fused-ring (bicyclic) bond motifs is 1. The molecule has 2 aromatic heterocycles. The first kappa shape index (κ1) is 15.2. The summed E-state index contributed by atoms with van der Waals surface area (Å²) >= 11 is 5.98. The highest BCUT2D eigenvalue weighted by Gasteiger charge is 2.22. The summed E-state index contributed by atoms with van der Waals surface area (Å²) in [5.41, 5.74) is 3.38. The van der Waals surface area contributed by atoms with Gasteiger partial charge in [0.05, 0.1) is 0 Å². The highest BCUT2D eigenvalue weighted by atomic mass is 35.5. The van der Waals surface area contributed by atoms with Gasteiger partial charge in [0.2, 0.25) is 0 Å². The molecule has 3 aromatic rings. The molecule has 0 aliphatic carbocycles. The van der Waals surface area contributed by atoms with E-state index in [2.05, 4.69) is 43.9 Å². The summed E-state index contributed by atoms with van der Waals surface area (Å²) in [6, 6.07) is 8.04. The number of hydrogen-bond acceptors (Lipinski definition) is 5. The van der Waals surface area contributed by atoms with Crippen molar-refractivity contribution in [1.29, 1.82) is 0 Å². The van der Waals surface area contributed by atoms with Crippen molar-refractivity contribution in [3.8, 4) is 0 Å². The monoisotopic (exact) mass is 342 g/mol. The van der Waals surface area contributed by atoms with Crippen molar-refractivity contribution in [2.45, 2.75) is 13.8 Å². The number of nitrogens with zero attached hydrogens (tertiary/aromatic N) is 6. The molecular formula is C17H19ClN6. The minimum absolute atomic E-state index is 0.660. The van der Waals surface area contributed by atoms with E-state index in [1.54, 1.807) is 6.33 Å². The molecule has 6 nitrogen and oxygen atoms in total. The van der Waals surface area contributed by atoms with E-state index >= 15 is 0 Å². The first-order valence-corrected chi connectivity index (χ1v) is 8.43. The molecule has 0 N–H and O–H groups in total. The van der Waals surface area contributed by atoms with Crippen LogP contribution in [0.3, 0.4) is 0 Å². The number of anilines is 2. The Bertz CT molecular complexity index is 865. The van der Waals surface area contributed by atoms with Crippen molar-refractivity contribution in [3.05, 3.63) is 46.9 Å². The fraction of sp³-hybridized carbons (Fsp3) is 0.353. The van der Waals surface area contributed by atoms with Crippen molar-refractivity contribution in [1.82, 2.24) is 19.6 Å². The second-order valence-electron chi connectivity index (χ2n) is 6.07. The van der Waals surface area contributed by atoms with Crippen LogP contribution in [0.15, 0.2) is 30.6 Å². The molecule has 1 aromatic carbocycles. The van der Waals surface area contributed by atoms with Crippen molar-refractivity contribution >= 4 is 28.9 Å². The van der Waals surface area contributed by atoms with Gasteiger partial charge in [-0.15, -0.1) is 0 Å². The van der Waals surface area contributed by atoms with Crippen LogP contribution in [-0.2, 0) is 0 Å². The Hall–Kier alpha value is -2.34. The summed E-state index contributed by atoms with van der Waals surface area (Å²) in [6.45, 7) is 7.91. The molecule has 1 fully saturated rings. The SMILES string of the molecule is Cc1nc2ncnn2c(N2CCN(c3ccc(Cl)cc3)CC2)c1C. The quantitative estimate of drug-likeness (QED) is 0.716. The largest absolute Gasteiger partial charge is 0.368 e. The molecule has 0 spiro atoms. The van der Waals surface area contributed by atoms with Gasteiger partial charge in [-0.1, -0.05) is 11.6 Å². The zero-order chi connectivity index (χ0) is 16.7. The van der Waals surface area contributed by atoms with Gasteiger partial charge in [0.15, 0.2) is 0 Å². The van der Waals surface area contributed by atoms with Crippen LogP contribution in [0.5, 0.6) is 0 Å². The van der Waals surface area contributed by atoms with Gasteiger partial charge in [0, 0.05) is 48.1 Å². The van der Waals surface area contributed by atoms with Crippen molar-refractivity contribution in [3.63, 3.8) is 0 Å². The van der Waals surface area contributed by atoms with Crippen LogP contribution in [0, 0.1) is 13.8 Å². The van der Waals surface area contributed by atoms with Crippen molar-refractivity contribution in [2.75, 3.05) is 36.0 Å². The lowest BCUT2D eigenvalue weighted by molar-refractivity contribution is 0.636. The van der Waals surface area contributed by atoms with Gasteiger partial charge in [-0.2, -0.15) is 14.6 Å². The van der Waals surface area contributed by atoms with Gasteiger partial charge in [-0.25, -0.2) is 4.98 Å². The predicted octanol–water partition coefficient (Wildman–Crippen LogP) is 2.72. The number of aromatic nitrogens is 4. The lowest BCUT2D eigenvalue weighted by atomic mass is 10.2. The minimum Gasteiger partial charge on any atom is -0.368 e. The lowest BCUT2D eigenvalue weighted by Gasteiger charge is -2.37. The zero-order valence-corrected chi connectivity index (χ0v) is 14.5. The Morgan fingerprint density at radius 1 is 0.958 bits per heavy atom. The van der Waals surface area contributed by atoms with Crippen molar-refractivity contribution < 1.29 is 0 Å². The molecule has 3 heterocycles. The third-order valence-electron chi connectivity index (χ3n) is 4.65. The average molecular weight is 343 g/mol. The van der Waals surface area contributed by atoms with E-state index in [-0.39, 0.29) is 0 Å². The second kappa shape index (κ2) is 5.94. The summed E-state index contributed by atoms with van der Waals surface area (Å²) in [7, 11) is 0. The van der Waals surface area contributed by atoms with Gasteiger partial charge >= 0.3 is 0 Å². The molecular weight excluding hydrogens is 324 g/mol. The smallest absolute Gasteiger partial charge is 0.254 e. The Morgan fingerprint density at radius 3 is 2.33 bits per heavy atom. The van der Waals surface area contributed by atoms with E-state index in [9.17, 15) is 0 Å². The van der Waals surface area contributed by atoms with E-state index in [4.69, 9.17) is 11.6 Å². The summed E-state index contributed by atoms with van der Waals surface area (Å²) in [5.74, 6) is 1.76. The number of aryl methyl sites for hydroxylation is 1. The van der Waals surface area contributed by atoms with Crippen LogP contribution < -0.4 is 9.80 Å². The second-order valence-corrected chi connectivity index (χ2v) is 6.50. The third-order valence-corrected chi connectivity index (χ3v) is 4.90. The molecule has 7 heteroatoms. The summed E-state index contributed by atoms with van der Waals surface area (Å²) < 4.78 is 1.85. The standard InChI is InChI=1S/C17H19ClN6/c1-12-13(2)21-17-19-11-20-24(17)16(12)23-9-7-22(8-10-23)15-5-3-14(18)4-6-15/h3-6,11H,7-10H2,1-2H3. The number of rotatable bonds is 2. The molecule has 0 saturated carbocycles. The molecule has 4 rings (SSSR count). The van der Waals surface area contributed by atoms with Gasteiger partial charge in [-0.05, 0) is 38.1 Å². The molecule has 0 radical (unpaired) electrons. The van der Waals surface area contributed by atoms with E-state index in [0.717, 1.165) is 48.3 Å². The van der Waals surface area contributed by atoms with Crippen molar-refractivity contribution in [2.24, 2.45) is 0 Å². The van der Waals surface area contributed by atoms with Gasteiger partial charge in [0.1, 0.15) is 12.1 Å². The number of benzene rings is 1. The van der Waals surface area contributed by atoms with E-state index in [1.165, 1.54) is 5.69 Å². The first-order valence-electron chi connectivity index (χ1n) is 8.06. The summed E-state index contributed by atoms with van der Waals surface area (Å²) in [4.78, 5) is 13.5. The highest BCUT2D eigenvalue weighted by molar-refractivity contribution is 6.30. The topological polar surface area (TPSA) is 49.6 Å². The first-order chi connectivity index (χ1) is 11.6. The Morgan fingerprint density at radius 2 is 1.62 bits per heavy atom. The fourth-order valence-corrected chi connectivity index (χ4v) is 3.34. The summed E-state index contributed by atoms with van der Waals surface area (Å²) in [6.07, 6.45) is 1.56. The summed E-state index contributed by atoms with van der Waals surface area (Å²) in [5, 5.41) is 5.13. The molecule has 124 valence electrons. The van der Waals surface area contributed by atoms with Gasteiger partial charge in [0.25, 0.3) is 5.78 Å². The van der Waals surface area contributed by atoms with Crippen LogP contribution in [-0.4, -0.2) is 45.8 Å². The van der Waals surface area contributed by atoms with Gasteiger partial charge < -0.3 is 9.80 Å². The Balaban J connectivity index is 1.59. The molecule has 24 heavy (non-hydrogen) atoms. The number of halogens is 1. The molecule has 1 saturated heterocycles. The maximum atomic E-state index is 5.98. The third kappa shape index (κ3) is 2.57. The minimum atomic E-state index is 0.660. The fourth-order valence-electron chi connectivity index (χ4n) is 3.22. The van der Waals surface area contributed by atoms with Crippen LogP contribution in [0.1, 0.15) is 11.3 Å². The molecule has 0 amide bonds. The maximum Gasteiger partial charge on any atom is 0.254 e. The number of hydrogen-bond donors (Lipinski definition) is 0. The highest BCUT2D eigenvalue weighted by Crippen LogP contribution is 2.25.